The molecule has 7 heteroatoms. The Balaban J connectivity index is 1.95. The summed E-state index contributed by atoms with van der Waals surface area (Å²) in [5.74, 6) is 0.00566. The molecule has 1 atom stereocenters. The first-order chi connectivity index (χ1) is 15.9. The standard InChI is InChI=1S/C26H30N2O4S/c1-4-23(21-17-15-20(3)16-18-21)27-26(29)19-28(24-13-9-10-14-25(24)32-5-2)33(30,31)22-11-7-6-8-12-22/h6-18,23H,4-5,19H2,1-3H3,(H,27,29)/t23-/m1/s1. The summed E-state index contributed by atoms with van der Waals surface area (Å²) >= 11 is 0. The molecule has 0 saturated heterocycles. The van der Waals surface area contributed by atoms with Crippen molar-refractivity contribution in [3.63, 3.8) is 0 Å². The van der Waals surface area contributed by atoms with E-state index >= 15 is 0 Å². The SMILES string of the molecule is CCOc1ccccc1N(CC(=O)N[C@H](CC)c1ccc(C)cc1)S(=O)(=O)c1ccccc1. The average Bonchev–Trinajstić information content (AvgIpc) is 2.83. The van der Waals surface area contributed by atoms with Gasteiger partial charge in [0.05, 0.1) is 23.2 Å². The maximum absolute atomic E-state index is 13.6. The van der Waals surface area contributed by atoms with Gasteiger partial charge in [-0.2, -0.15) is 0 Å². The smallest absolute Gasteiger partial charge is 0.264 e. The normalized spacial score (nSPS) is 12.1. The summed E-state index contributed by atoms with van der Waals surface area (Å²) in [5.41, 5.74) is 2.43. The Hall–Kier alpha value is -3.32. The molecule has 1 amide bonds. The van der Waals surface area contributed by atoms with Crippen molar-refractivity contribution in [2.24, 2.45) is 0 Å². The van der Waals surface area contributed by atoms with Crippen molar-refractivity contribution < 1.29 is 17.9 Å². The molecule has 0 bridgehead atoms. The number of anilines is 1. The topological polar surface area (TPSA) is 75.7 Å². The van der Waals surface area contributed by atoms with Crippen molar-refractivity contribution >= 4 is 21.6 Å². The molecule has 0 saturated carbocycles. The van der Waals surface area contributed by atoms with Crippen molar-refractivity contribution in [2.75, 3.05) is 17.5 Å². The van der Waals surface area contributed by atoms with Gasteiger partial charge in [-0.15, -0.1) is 0 Å². The van der Waals surface area contributed by atoms with Crippen LogP contribution in [0.5, 0.6) is 5.75 Å². The van der Waals surface area contributed by atoms with Crippen LogP contribution in [-0.4, -0.2) is 27.5 Å². The Labute approximate surface area is 196 Å². The maximum atomic E-state index is 13.6. The van der Waals surface area contributed by atoms with E-state index < -0.39 is 15.9 Å². The number of rotatable bonds is 10. The zero-order chi connectivity index (χ0) is 23.8. The molecule has 3 rings (SSSR count). The van der Waals surface area contributed by atoms with E-state index in [4.69, 9.17) is 4.74 Å². The molecular formula is C26H30N2O4S. The first kappa shape index (κ1) is 24.3. The molecular weight excluding hydrogens is 436 g/mol. The third-order valence-corrected chi connectivity index (χ3v) is 7.05. The summed E-state index contributed by atoms with van der Waals surface area (Å²) in [6.07, 6.45) is 0.676. The Bertz CT molecular complexity index is 1160. The highest BCUT2D eigenvalue weighted by Gasteiger charge is 2.30. The second-order valence-electron chi connectivity index (χ2n) is 7.66. The first-order valence-electron chi connectivity index (χ1n) is 11.0. The molecule has 174 valence electrons. The van der Waals surface area contributed by atoms with Crippen LogP contribution in [0.25, 0.3) is 0 Å². The lowest BCUT2D eigenvalue weighted by Crippen LogP contribution is -2.42. The van der Waals surface area contributed by atoms with Crippen LogP contribution in [0, 0.1) is 6.92 Å². The van der Waals surface area contributed by atoms with Crippen molar-refractivity contribution in [3.8, 4) is 5.75 Å². The van der Waals surface area contributed by atoms with Crippen molar-refractivity contribution in [3.05, 3.63) is 90.0 Å². The van der Waals surface area contributed by atoms with E-state index in [0.717, 1.165) is 15.4 Å². The first-order valence-corrected chi connectivity index (χ1v) is 12.5. The van der Waals surface area contributed by atoms with Crippen LogP contribution in [0.15, 0.2) is 83.8 Å². The van der Waals surface area contributed by atoms with E-state index in [1.807, 2.05) is 45.0 Å². The third-order valence-electron chi connectivity index (χ3n) is 5.28. The van der Waals surface area contributed by atoms with E-state index in [2.05, 4.69) is 5.32 Å². The Morgan fingerprint density at radius 3 is 2.21 bits per heavy atom. The molecule has 3 aromatic carbocycles. The van der Waals surface area contributed by atoms with Crippen LogP contribution >= 0.6 is 0 Å². The van der Waals surface area contributed by atoms with E-state index in [0.29, 0.717) is 24.5 Å². The van der Waals surface area contributed by atoms with Crippen LogP contribution in [0.4, 0.5) is 5.69 Å². The van der Waals surface area contributed by atoms with Crippen molar-refractivity contribution in [1.29, 1.82) is 0 Å². The van der Waals surface area contributed by atoms with Gasteiger partial charge < -0.3 is 10.1 Å². The fourth-order valence-electron chi connectivity index (χ4n) is 3.55. The lowest BCUT2D eigenvalue weighted by Gasteiger charge is -2.27. The summed E-state index contributed by atoms with van der Waals surface area (Å²) < 4.78 is 33.9. The average molecular weight is 467 g/mol. The second kappa shape index (κ2) is 11.0. The van der Waals surface area contributed by atoms with E-state index in [1.165, 1.54) is 12.1 Å². The number of amides is 1. The van der Waals surface area contributed by atoms with Gasteiger partial charge in [-0.1, -0.05) is 67.1 Å². The van der Waals surface area contributed by atoms with Gasteiger partial charge in [0.15, 0.2) is 0 Å². The fourth-order valence-corrected chi connectivity index (χ4v) is 5.00. The van der Waals surface area contributed by atoms with Gasteiger partial charge in [-0.3, -0.25) is 9.10 Å². The zero-order valence-corrected chi connectivity index (χ0v) is 20.0. The van der Waals surface area contributed by atoms with Crippen LogP contribution in [0.3, 0.4) is 0 Å². The van der Waals surface area contributed by atoms with Gasteiger partial charge >= 0.3 is 0 Å². The largest absolute Gasteiger partial charge is 0.492 e. The van der Waals surface area contributed by atoms with Gasteiger partial charge in [0.2, 0.25) is 5.91 Å². The number of sulfonamides is 1. The number of carbonyl (C=O) groups is 1. The van der Waals surface area contributed by atoms with Gasteiger partial charge in [-0.05, 0) is 50.1 Å². The molecule has 0 aliphatic rings. The predicted molar refractivity (Wildman–Crippen MR) is 131 cm³/mol. The summed E-state index contributed by atoms with van der Waals surface area (Å²) in [5, 5.41) is 2.99. The highest BCUT2D eigenvalue weighted by molar-refractivity contribution is 7.92. The minimum absolute atomic E-state index is 0.106. The number of ether oxygens (including phenoxy) is 1. The number of carbonyl (C=O) groups excluding carboxylic acids is 1. The summed E-state index contributed by atoms with van der Waals surface area (Å²) in [7, 11) is -4.01. The Morgan fingerprint density at radius 2 is 1.58 bits per heavy atom. The van der Waals surface area contributed by atoms with Crippen LogP contribution < -0.4 is 14.4 Å². The molecule has 0 radical (unpaired) electrons. The number of para-hydroxylation sites is 2. The molecule has 0 unspecified atom stereocenters. The lowest BCUT2D eigenvalue weighted by atomic mass is 10.0. The summed E-state index contributed by atoms with van der Waals surface area (Å²) in [6.45, 7) is 5.81. The number of benzene rings is 3. The molecule has 3 aromatic rings. The summed E-state index contributed by atoms with van der Waals surface area (Å²) in [4.78, 5) is 13.2. The van der Waals surface area contributed by atoms with Gasteiger partial charge in [0.25, 0.3) is 10.0 Å². The maximum Gasteiger partial charge on any atom is 0.264 e. The van der Waals surface area contributed by atoms with Crippen LogP contribution in [-0.2, 0) is 14.8 Å². The van der Waals surface area contributed by atoms with Gasteiger partial charge in [0.1, 0.15) is 12.3 Å². The number of hydrogen-bond acceptors (Lipinski definition) is 4. The highest BCUT2D eigenvalue weighted by Crippen LogP contribution is 2.32. The molecule has 0 aliphatic carbocycles. The third kappa shape index (κ3) is 5.93. The second-order valence-corrected chi connectivity index (χ2v) is 9.53. The lowest BCUT2D eigenvalue weighted by molar-refractivity contribution is -0.120. The molecule has 6 nitrogen and oxygen atoms in total. The number of aryl methyl sites for hydroxylation is 1. The minimum atomic E-state index is -4.01. The minimum Gasteiger partial charge on any atom is -0.492 e. The molecule has 0 heterocycles. The molecule has 0 aliphatic heterocycles. The number of nitrogens with zero attached hydrogens (tertiary/aromatic N) is 1. The Morgan fingerprint density at radius 1 is 0.939 bits per heavy atom. The zero-order valence-electron chi connectivity index (χ0n) is 19.2. The fraction of sp³-hybridized carbons (Fsp3) is 0.269. The molecule has 0 fully saturated rings. The highest BCUT2D eigenvalue weighted by atomic mass is 32.2. The van der Waals surface area contributed by atoms with Gasteiger partial charge in [-0.25, -0.2) is 8.42 Å². The predicted octanol–water partition coefficient (Wildman–Crippen LogP) is 4.86. The Kier molecular flexibility index (Phi) is 8.11. The summed E-state index contributed by atoms with van der Waals surface area (Å²) in [6, 6.07) is 22.7. The van der Waals surface area contributed by atoms with E-state index in [1.54, 1.807) is 42.5 Å². The molecule has 0 spiro atoms. The molecule has 33 heavy (non-hydrogen) atoms. The molecule has 1 N–H and O–H groups in total. The van der Waals surface area contributed by atoms with Crippen molar-refractivity contribution in [1.82, 2.24) is 5.32 Å². The van der Waals surface area contributed by atoms with Gasteiger partial charge in [0, 0.05) is 0 Å². The quantitative estimate of drug-likeness (QED) is 0.463. The number of hydrogen-bond donors (Lipinski definition) is 1. The monoisotopic (exact) mass is 466 g/mol. The van der Waals surface area contributed by atoms with E-state index in [-0.39, 0.29) is 17.5 Å². The molecule has 0 aromatic heterocycles. The van der Waals surface area contributed by atoms with Crippen molar-refractivity contribution in [2.45, 2.75) is 38.1 Å². The number of nitrogens with one attached hydrogen (secondary N) is 1. The van der Waals surface area contributed by atoms with E-state index in [9.17, 15) is 13.2 Å². The van der Waals surface area contributed by atoms with Crippen LogP contribution in [0.1, 0.15) is 37.4 Å². The van der Waals surface area contributed by atoms with Crippen LogP contribution in [0.2, 0.25) is 0 Å².